The average Bonchev–Trinajstić information content (AvgIpc) is 3.25. The van der Waals surface area contributed by atoms with Gasteiger partial charge in [-0.2, -0.15) is 5.10 Å². The number of hydrogen-bond donors (Lipinski definition) is 2. The first-order chi connectivity index (χ1) is 17.5. The Balaban J connectivity index is 1.61. The number of aromatic carboxylic acids is 1. The molecule has 0 spiro atoms. The van der Waals surface area contributed by atoms with Crippen LogP contribution >= 0.6 is 15.9 Å². The van der Waals surface area contributed by atoms with E-state index in [4.69, 9.17) is 4.74 Å². The molecule has 0 radical (unpaired) electrons. The van der Waals surface area contributed by atoms with E-state index in [0.717, 1.165) is 0 Å². The van der Waals surface area contributed by atoms with Crippen molar-refractivity contribution in [1.29, 1.82) is 0 Å². The van der Waals surface area contributed by atoms with Gasteiger partial charge in [0, 0.05) is 33.7 Å². The molecule has 1 atom stereocenters. The third-order valence-corrected chi connectivity index (χ3v) is 6.70. The maximum Gasteiger partial charge on any atom is 0.356 e. The number of fused-ring (bicyclic) bond motifs is 1. The van der Waals surface area contributed by atoms with Gasteiger partial charge in [0.15, 0.2) is 5.69 Å². The van der Waals surface area contributed by atoms with Crippen molar-refractivity contribution < 1.29 is 24.2 Å². The minimum absolute atomic E-state index is 0.0881. The molecule has 1 aromatic heterocycles. The summed E-state index contributed by atoms with van der Waals surface area (Å²) in [5.41, 5.74) is 1.78. The lowest BCUT2D eigenvalue weighted by Crippen LogP contribution is -2.39. The number of carbonyl (C=O) groups excluding carboxylic acids is 2. The number of aromatic nitrogens is 2. The van der Waals surface area contributed by atoms with Gasteiger partial charge in [-0.3, -0.25) is 9.59 Å². The molecule has 37 heavy (non-hydrogen) atoms. The van der Waals surface area contributed by atoms with E-state index in [-0.39, 0.29) is 28.0 Å². The van der Waals surface area contributed by atoms with Gasteiger partial charge in [-0.15, -0.1) is 0 Å². The van der Waals surface area contributed by atoms with Crippen LogP contribution in [0.3, 0.4) is 0 Å². The summed E-state index contributed by atoms with van der Waals surface area (Å²) in [6, 6.07) is 13.9. The smallest absolute Gasteiger partial charge is 0.356 e. The van der Waals surface area contributed by atoms with Gasteiger partial charge < -0.3 is 20.1 Å². The van der Waals surface area contributed by atoms with Crippen LogP contribution in [0.15, 0.2) is 48.5 Å². The van der Waals surface area contributed by atoms with Crippen molar-refractivity contribution in [2.75, 3.05) is 23.9 Å². The van der Waals surface area contributed by atoms with Crippen molar-refractivity contribution in [3.8, 4) is 11.4 Å². The topological polar surface area (TPSA) is 114 Å². The van der Waals surface area contributed by atoms with Crippen LogP contribution in [0.25, 0.3) is 5.69 Å². The van der Waals surface area contributed by atoms with Crippen molar-refractivity contribution in [1.82, 2.24) is 9.78 Å². The fourth-order valence-corrected chi connectivity index (χ4v) is 5.32. The van der Waals surface area contributed by atoms with Crippen molar-refractivity contribution in [3.63, 3.8) is 0 Å². The van der Waals surface area contributed by atoms with Crippen molar-refractivity contribution in [3.05, 3.63) is 65.5 Å². The Labute approximate surface area is 223 Å². The van der Waals surface area contributed by atoms with Crippen molar-refractivity contribution >= 4 is 45.1 Å². The van der Waals surface area contributed by atoms with Crippen LogP contribution in [0.5, 0.6) is 5.75 Å². The Morgan fingerprint density at radius 1 is 1.14 bits per heavy atom. The molecule has 194 valence electrons. The van der Waals surface area contributed by atoms with Gasteiger partial charge in [0.05, 0.1) is 12.8 Å². The molecule has 10 heteroatoms. The summed E-state index contributed by atoms with van der Waals surface area (Å²) < 4.78 is 6.58. The van der Waals surface area contributed by atoms with E-state index in [9.17, 15) is 19.5 Å². The van der Waals surface area contributed by atoms with Crippen LogP contribution < -0.4 is 15.0 Å². The second-order valence-electron chi connectivity index (χ2n) is 9.67. The number of rotatable bonds is 8. The molecule has 0 saturated heterocycles. The number of alkyl halides is 1. The van der Waals surface area contributed by atoms with Gasteiger partial charge in [0.25, 0.3) is 5.91 Å². The predicted molar refractivity (Wildman–Crippen MR) is 144 cm³/mol. The largest absolute Gasteiger partial charge is 0.497 e. The van der Waals surface area contributed by atoms with Crippen molar-refractivity contribution in [2.45, 2.75) is 38.4 Å². The quantitative estimate of drug-likeness (QED) is 0.373. The first kappa shape index (κ1) is 26.4. The number of benzene rings is 2. The van der Waals surface area contributed by atoms with E-state index in [1.54, 1.807) is 60.5 Å². The molecule has 0 fully saturated rings. The van der Waals surface area contributed by atoms with Crippen LogP contribution in [0, 0.1) is 5.41 Å². The summed E-state index contributed by atoms with van der Waals surface area (Å²) in [5.74, 6) is -0.980. The molecule has 0 saturated carbocycles. The second-order valence-corrected chi connectivity index (χ2v) is 11.2. The summed E-state index contributed by atoms with van der Waals surface area (Å²) >= 11 is 3.51. The molecule has 4 rings (SSSR count). The van der Waals surface area contributed by atoms with Crippen LogP contribution in [0.4, 0.5) is 11.4 Å². The number of amides is 2. The summed E-state index contributed by atoms with van der Waals surface area (Å²) in [5, 5.41) is 16.9. The molecule has 2 N–H and O–H groups in total. The van der Waals surface area contributed by atoms with E-state index >= 15 is 0 Å². The summed E-state index contributed by atoms with van der Waals surface area (Å²) in [6.45, 7) is 6.11. The molecule has 0 bridgehead atoms. The number of ether oxygens (including phenoxy) is 1. The third kappa shape index (κ3) is 5.39. The van der Waals surface area contributed by atoms with Gasteiger partial charge in [0.1, 0.15) is 11.4 Å². The zero-order valence-electron chi connectivity index (χ0n) is 21.1. The predicted octanol–water partition coefficient (Wildman–Crippen LogP) is 4.92. The zero-order chi connectivity index (χ0) is 26.9. The second kappa shape index (κ2) is 10.4. The van der Waals surface area contributed by atoms with Gasteiger partial charge in [-0.1, -0.05) is 36.7 Å². The molecule has 2 heterocycles. The fourth-order valence-electron chi connectivity index (χ4n) is 4.51. The molecular formula is C27H29BrN4O5. The number of carboxylic acid groups (broad SMARTS) is 1. The standard InChI is InChI=1S/C27H29BrN4O5/c1-16(28)15-27(2,3)26(36)29-17-5-7-18(8-6-17)31-14-13-21-22(25(34)35)30-32(23(21)24(31)33)19-9-11-20(37-4)12-10-19/h5-12,16H,13-15H2,1-4H3,(H,29,36)(H,34,35). The van der Waals surface area contributed by atoms with Crippen LogP contribution in [0.1, 0.15) is 53.7 Å². The zero-order valence-corrected chi connectivity index (χ0v) is 22.7. The number of nitrogens with one attached hydrogen (secondary N) is 1. The Kier molecular flexibility index (Phi) is 7.40. The van der Waals surface area contributed by atoms with E-state index < -0.39 is 11.4 Å². The summed E-state index contributed by atoms with van der Waals surface area (Å²) in [7, 11) is 1.55. The van der Waals surface area contributed by atoms with Gasteiger partial charge in [-0.05, 0) is 61.4 Å². The lowest BCUT2D eigenvalue weighted by molar-refractivity contribution is -0.124. The number of nitrogens with zero attached hydrogens (tertiary/aromatic N) is 3. The third-order valence-electron chi connectivity index (χ3n) is 6.38. The molecule has 3 aromatic rings. The Bertz CT molecular complexity index is 1330. The van der Waals surface area contributed by atoms with Gasteiger partial charge >= 0.3 is 5.97 Å². The first-order valence-electron chi connectivity index (χ1n) is 11.9. The van der Waals surface area contributed by atoms with Crippen molar-refractivity contribution in [2.24, 2.45) is 5.41 Å². The van der Waals surface area contributed by atoms with Gasteiger partial charge in [0.2, 0.25) is 5.91 Å². The minimum atomic E-state index is -1.18. The van der Waals surface area contributed by atoms with E-state index in [1.807, 2.05) is 20.8 Å². The molecule has 2 aromatic carbocycles. The molecule has 2 amide bonds. The minimum Gasteiger partial charge on any atom is -0.497 e. The van der Waals surface area contributed by atoms with Crippen LogP contribution in [0.2, 0.25) is 0 Å². The monoisotopic (exact) mass is 568 g/mol. The number of hydrogen-bond acceptors (Lipinski definition) is 5. The van der Waals surface area contributed by atoms with E-state index in [1.165, 1.54) is 4.68 Å². The molecule has 1 aliphatic rings. The lowest BCUT2D eigenvalue weighted by Gasteiger charge is -2.28. The normalized spacial score (nSPS) is 14.2. The Hall–Kier alpha value is -3.66. The van der Waals surface area contributed by atoms with E-state index in [2.05, 4.69) is 26.3 Å². The number of anilines is 2. The number of carboxylic acids is 1. The maximum absolute atomic E-state index is 13.6. The van der Waals surface area contributed by atoms with E-state index in [0.29, 0.717) is 47.8 Å². The average molecular weight is 569 g/mol. The highest BCUT2D eigenvalue weighted by Gasteiger charge is 2.35. The molecule has 0 aliphatic carbocycles. The highest BCUT2D eigenvalue weighted by Crippen LogP contribution is 2.31. The lowest BCUT2D eigenvalue weighted by atomic mass is 9.87. The Morgan fingerprint density at radius 2 is 1.76 bits per heavy atom. The van der Waals surface area contributed by atoms with Gasteiger partial charge in [-0.25, -0.2) is 9.48 Å². The first-order valence-corrected chi connectivity index (χ1v) is 12.8. The van der Waals surface area contributed by atoms with Crippen LogP contribution in [-0.4, -0.2) is 51.2 Å². The van der Waals surface area contributed by atoms with Crippen LogP contribution in [-0.2, 0) is 11.2 Å². The Morgan fingerprint density at radius 3 is 2.32 bits per heavy atom. The summed E-state index contributed by atoms with van der Waals surface area (Å²) in [6.07, 6.45) is 1.03. The molecule has 1 unspecified atom stereocenters. The summed E-state index contributed by atoms with van der Waals surface area (Å²) in [4.78, 5) is 40.1. The number of carbonyl (C=O) groups is 3. The molecule has 1 aliphatic heterocycles. The molecular weight excluding hydrogens is 540 g/mol. The number of methoxy groups -OCH3 is 1. The SMILES string of the molecule is COc1ccc(-n2nc(C(=O)O)c3c2C(=O)N(c2ccc(NC(=O)C(C)(C)CC(C)Br)cc2)CC3)cc1. The fraction of sp³-hybridized carbons (Fsp3) is 0.333. The highest BCUT2D eigenvalue weighted by atomic mass is 79.9. The number of halogens is 1. The molecule has 9 nitrogen and oxygen atoms in total. The highest BCUT2D eigenvalue weighted by molar-refractivity contribution is 9.09. The maximum atomic E-state index is 13.6.